The van der Waals surface area contributed by atoms with Crippen molar-refractivity contribution in [3.63, 3.8) is 0 Å². The van der Waals surface area contributed by atoms with Crippen LogP contribution in [0.15, 0.2) is 84.9 Å². The fraction of sp³-hybridized carbons (Fsp3) is 0.231. The van der Waals surface area contributed by atoms with E-state index in [-0.39, 0.29) is 24.2 Å². The summed E-state index contributed by atoms with van der Waals surface area (Å²) in [6.45, 7) is 3.56. The van der Waals surface area contributed by atoms with Gasteiger partial charge in [-0.05, 0) is 35.7 Å². The second kappa shape index (κ2) is 8.95. The summed E-state index contributed by atoms with van der Waals surface area (Å²) >= 11 is 0. The van der Waals surface area contributed by atoms with Crippen LogP contribution in [-0.4, -0.2) is 23.3 Å². The third-order valence-electron chi connectivity index (χ3n) is 5.70. The topological polar surface area (TPSA) is 40.6 Å². The maximum Gasteiger partial charge on any atom is 0.232 e. The van der Waals surface area contributed by atoms with Gasteiger partial charge in [-0.25, -0.2) is 0 Å². The van der Waals surface area contributed by atoms with Crippen LogP contribution in [-0.2, 0) is 22.7 Å². The van der Waals surface area contributed by atoms with E-state index in [0.29, 0.717) is 19.6 Å². The third kappa shape index (κ3) is 4.43. The molecule has 1 unspecified atom stereocenters. The average Bonchev–Trinajstić information content (AvgIpc) is 3.15. The van der Waals surface area contributed by atoms with Gasteiger partial charge in [0.1, 0.15) is 0 Å². The van der Waals surface area contributed by atoms with Gasteiger partial charge >= 0.3 is 0 Å². The van der Waals surface area contributed by atoms with Crippen molar-refractivity contribution in [2.75, 3.05) is 11.4 Å². The predicted octanol–water partition coefficient (Wildman–Crippen LogP) is 4.58. The van der Waals surface area contributed by atoms with E-state index in [1.54, 1.807) is 0 Å². The van der Waals surface area contributed by atoms with Crippen LogP contribution in [0.25, 0.3) is 0 Å². The van der Waals surface area contributed by atoms with Crippen molar-refractivity contribution in [1.82, 2.24) is 4.90 Å². The van der Waals surface area contributed by atoms with Crippen molar-refractivity contribution >= 4 is 17.5 Å². The molecule has 0 saturated carbocycles. The molecule has 0 radical (unpaired) electrons. The summed E-state index contributed by atoms with van der Waals surface area (Å²) < 4.78 is 0. The molecule has 1 aliphatic rings. The zero-order valence-electron chi connectivity index (χ0n) is 17.2. The summed E-state index contributed by atoms with van der Waals surface area (Å²) in [6, 6.07) is 27.8. The maximum atomic E-state index is 13.5. The molecule has 0 spiro atoms. The molecular weight excluding hydrogens is 372 g/mol. The van der Waals surface area contributed by atoms with Gasteiger partial charge < -0.3 is 9.80 Å². The number of anilines is 1. The number of carbonyl (C=O) groups excluding carboxylic acids is 2. The first-order chi connectivity index (χ1) is 14.6. The molecule has 2 amide bonds. The van der Waals surface area contributed by atoms with Gasteiger partial charge in [-0.3, -0.25) is 9.59 Å². The molecule has 0 bridgehead atoms. The van der Waals surface area contributed by atoms with Crippen LogP contribution in [0.1, 0.15) is 23.1 Å². The summed E-state index contributed by atoms with van der Waals surface area (Å²) in [6.07, 6.45) is 0.267. The van der Waals surface area contributed by atoms with Crippen molar-refractivity contribution in [2.24, 2.45) is 5.92 Å². The normalized spacial score (nSPS) is 16.0. The van der Waals surface area contributed by atoms with E-state index in [1.165, 1.54) is 0 Å². The number of rotatable bonds is 6. The average molecular weight is 399 g/mol. The highest BCUT2D eigenvalue weighted by Gasteiger charge is 2.37. The molecule has 4 nitrogen and oxygen atoms in total. The monoisotopic (exact) mass is 398 g/mol. The molecule has 1 fully saturated rings. The Kier molecular flexibility index (Phi) is 5.94. The lowest BCUT2D eigenvalue weighted by Gasteiger charge is -2.26. The van der Waals surface area contributed by atoms with Crippen LogP contribution in [0.3, 0.4) is 0 Å². The number of hydrogen-bond acceptors (Lipinski definition) is 2. The Hall–Kier alpha value is -3.40. The van der Waals surface area contributed by atoms with Crippen LogP contribution in [0.2, 0.25) is 0 Å². The fourth-order valence-electron chi connectivity index (χ4n) is 3.97. The number of amides is 2. The molecule has 3 aromatic carbocycles. The minimum atomic E-state index is -0.328. The van der Waals surface area contributed by atoms with Gasteiger partial charge in [0.05, 0.1) is 12.5 Å². The first-order valence-corrected chi connectivity index (χ1v) is 10.3. The molecule has 0 N–H and O–H groups in total. The molecule has 1 saturated heterocycles. The molecule has 1 heterocycles. The second-order valence-corrected chi connectivity index (χ2v) is 7.85. The third-order valence-corrected chi connectivity index (χ3v) is 5.70. The summed E-state index contributed by atoms with van der Waals surface area (Å²) in [7, 11) is 0. The van der Waals surface area contributed by atoms with Gasteiger partial charge in [-0.1, -0.05) is 72.8 Å². The Morgan fingerprint density at radius 1 is 0.933 bits per heavy atom. The Bertz CT molecular complexity index is 1020. The van der Waals surface area contributed by atoms with E-state index in [4.69, 9.17) is 0 Å². The predicted molar refractivity (Wildman–Crippen MR) is 119 cm³/mol. The van der Waals surface area contributed by atoms with Gasteiger partial charge in [0.2, 0.25) is 11.8 Å². The van der Waals surface area contributed by atoms with E-state index in [1.807, 2.05) is 88.7 Å². The molecule has 1 atom stereocenters. The molecule has 152 valence electrons. The molecule has 0 aromatic heterocycles. The van der Waals surface area contributed by atoms with E-state index in [9.17, 15) is 9.59 Å². The maximum absolute atomic E-state index is 13.5. The first kappa shape index (κ1) is 19.9. The highest BCUT2D eigenvalue weighted by atomic mass is 16.2. The van der Waals surface area contributed by atoms with Gasteiger partial charge in [0, 0.05) is 25.2 Å². The standard InChI is InChI=1S/C26H26N2O2/c1-20-10-8-9-13-22(20)18-27-19-23(16-25(27)29)26(30)28(24-14-6-3-7-15-24)17-21-11-4-2-5-12-21/h2-15,23H,16-19H2,1H3. The number of carbonyl (C=O) groups is 2. The van der Waals surface area contributed by atoms with Gasteiger partial charge in [0.25, 0.3) is 0 Å². The smallest absolute Gasteiger partial charge is 0.232 e. The number of hydrogen-bond donors (Lipinski definition) is 0. The Labute approximate surface area is 177 Å². The number of para-hydroxylation sites is 1. The van der Waals surface area contributed by atoms with Gasteiger partial charge in [-0.2, -0.15) is 0 Å². The van der Waals surface area contributed by atoms with Crippen molar-refractivity contribution in [2.45, 2.75) is 26.4 Å². The molecule has 30 heavy (non-hydrogen) atoms. The SMILES string of the molecule is Cc1ccccc1CN1CC(C(=O)N(Cc2ccccc2)c2ccccc2)CC1=O. The van der Waals surface area contributed by atoms with E-state index in [0.717, 1.165) is 22.4 Å². The lowest BCUT2D eigenvalue weighted by Crippen LogP contribution is -2.37. The Morgan fingerprint density at radius 3 is 2.27 bits per heavy atom. The van der Waals surface area contributed by atoms with Crippen LogP contribution >= 0.6 is 0 Å². The number of benzene rings is 3. The summed E-state index contributed by atoms with van der Waals surface area (Å²) in [5.41, 5.74) is 4.21. The number of nitrogens with zero attached hydrogens (tertiary/aromatic N) is 2. The second-order valence-electron chi connectivity index (χ2n) is 7.85. The lowest BCUT2D eigenvalue weighted by atomic mass is 10.1. The molecule has 4 rings (SSSR count). The van der Waals surface area contributed by atoms with Crippen LogP contribution in [0.5, 0.6) is 0 Å². The molecule has 4 heteroatoms. The minimum Gasteiger partial charge on any atom is -0.338 e. The summed E-state index contributed by atoms with van der Waals surface area (Å²) in [5.74, 6) is -0.277. The van der Waals surface area contributed by atoms with Gasteiger partial charge in [0.15, 0.2) is 0 Å². The van der Waals surface area contributed by atoms with E-state index in [2.05, 4.69) is 13.0 Å². The van der Waals surface area contributed by atoms with Crippen molar-refractivity contribution < 1.29 is 9.59 Å². The zero-order chi connectivity index (χ0) is 20.9. The highest BCUT2D eigenvalue weighted by Crippen LogP contribution is 2.27. The van der Waals surface area contributed by atoms with Crippen LogP contribution in [0, 0.1) is 12.8 Å². The largest absolute Gasteiger partial charge is 0.338 e. The fourth-order valence-corrected chi connectivity index (χ4v) is 3.97. The van der Waals surface area contributed by atoms with Crippen molar-refractivity contribution in [3.05, 3.63) is 102 Å². The minimum absolute atomic E-state index is 0.00527. The Balaban J connectivity index is 1.53. The highest BCUT2D eigenvalue weighted by molar-refractivity contribution is 5.99. The molecule has 3 aromatic rings. The molecule has 0 aliphatic carbocycles. The Morgan fingerprint density at radius 2 is 1.57 bits per heavy atom. The van der Waals surface area contributed by atoms with Crippen molar-refractivity contribution in [3.8, 4) is 0 Å². The van der Waals surface area contributed by atoms with Gasteiger partial charge in [-0.15, -0.1) is 0 Å². The van der Waals surface area contributed by atoms with Crippen LogP contribution in [0.4, 0.5) is 5.69 Å². The summed E-state index contributed by atoms with van der Waals surface area (Å²) in [4.78, 5) is 29.8. The van der Waals surface area contributed by atoms with Crippen molar-refractivity contribution in [1.29, 1.82) is 0 Å². The molecule has 1 aliphatic heterocycles. The quantitative estimate of drug-likeness (QED) is 0.610. The lowest BCUT2D eigenvalue weighted by molar-refractivity contribution is -0.128. The number of aryl methyl sites for hydroxylation is 1. The van der Waals surface area contributed by atoms with Crippen LogP contribution < -0.4 is 4.90 Å². The van der Waals surface area contributed by atoms with E-state index < -0.39 is 0 Å². The molecular formula is C26H26N2O2. The first-order valence-electron chi connectivity index (χ1n) is 10.3. The summed E-state index contributed by atoms with van der Waals surface area (Å²) in [5, 5.41) is 0. The van der Waals surface area contributed by atoms with E-state index >= 15 is 0 Å². The number of likely N-dealkylation sites (tertiary alicyclic amines) is 1. The zero-order valence-corrected chi connectivity index (χ0v) is 17.2.